The van der Waals surface area contributed by atoms with E-state index in [1.807, 2.05) is 19.2 Å². The summed E-state index contributed by atoms with van der Waals surface area (Å²) in [6.07, 6.45) is 6.91. The molecule has 0 aliphatic carbocycles. The third kappa shape index (κ3) is 3.22. The van der Waals surface area contributed by atoms with E-state index < -0.39 is 0 Å². The summed E-state index contributed by atoms with van der Waals surface area (Å²) in [5.74, 6) is 0.429. The number of halogens is 1. The van der Waals surface area contributed by atoms with Crippen LogP contribution in [0.2, 0.25) is 5.02 Å². The Kier molecular flexibility index (Phi) is 5.00. The molecule has 0 radical (unpaired) electrons. The van der Waals surface area contributed by atoms with E-state index in [0.29, 0.717) is 21.5 Å². The van der Waals surface area contributed by atoms with E-state index in [0.717, 1.165) is 21.0 Å². The second-order valence-corrected chi connectivity index (χ2v) is 7.28. The van der Waals surface area contributed by atoms with E-state index in [2.05, 4.69) is 26.3 Å². The summed E-state index contributed by atoms with van der Waals surface area (Å²) in [6.45, 7) is 1.94. The van der Waals surface area contributed by atoms with Gasteiger partial charge in [0.25, 0.3) is 0 Å². The zero-order valence-corrected chi connectivity index (χ0v) is 15.3. The first kappa shape index (κ1) is 16.7. The molecule has 0 bridgehead atoms. The van der Waals surface area contributed by atoms with Gasteiger partial charge in [0.15, 0.2) is 0 Å². The number of thioether (sulfide) groups is 1. The van der Waals surface area contributed by atoms with E-state index in [4.69, 9.17) is 11.6 Å². The van der Waals surface area contributed by atoms with Gasteiger partial charge in [-0.25, -0.2) is 9.97 Å². The maximum Gasteiger partial charge on any atom is 0.227 e. The van der Waals surface area contributed by atoms with E-state index in [1.165, 1.54) is 11.3 Å². The topological polar surface area (TPSA) is 74.5 Å². The summed E-state index contributed by atoms with van der Waals surface area (Å²) in [4.78, 5) is 13.6. The van der Waals surface area contributed by atoms with Crippen molar-refractivity contribution in [3.05, 3.63) is 46.2 Å². The molecule has 0 atom stereocenters. The lowest BCUT2D eigenvalue weighted by molar-refractivity contribution is 1.16. The average molecular weight is 374 g/mol. The van der Waals surface area contributed by atoms with Crippen molar-refractivity contribution in [1.82, 2.24) is 15.0 Å². The Hall–Kier alpha value is -2.14. The van der Waals surface area contributed by atoms with Gasteiger partial charge >= 0.3 is 0 Å². The zero-order chi connectivity index (χ0) is 17.1. The summed E-state index contributed by atoms with van der Waals surface area (Å²) < 4.78 is 1.06. The third-order valence-corrected chi connectivity index (χ3v) is 5.97. The highest BCUT2D eigenvalue weighted by Gasteiger charge is 2.17. The summed E-state index contributed by atoms with van der Waals surface area (Å²) in [5.41, 5.74) is 3.33. The van der Waals surface area contributed by atoms with Crippen molar-refractivity contribution in [2.45, 2.75) is 11.1 Å². The minimum atomic E-state index is 0.429. The minimum Gasteiger partial charge on any atom is -0.322 e. The van der Waals surface area contributed by atoms with Crippen LogP contribution in [0, 0.1) is 18.3 Å². The molecule has 0 spiro atoms. The molecule has 0 amide bonds. The molecule has 8 heteroatoms. The number of thiophene rings is 1. The van der Waals surface area contributed by atoms with Crippen molar-refractivity contribution in [3.8, 4) is 17.3 Å². The molecule has 0 saturated heterocycles. The van der Waals surface area contributed by atoms with Crippen LogP contribution < -0.4 is 5.32 Å². The maximum atomic E-state index is 9.26. The zero-order valence-electron chi connectivity index (χ0n) is 12.9. The fraction of sp³-hybridized carbons (Fsp3) is 0.125. The Balaban J connectivity index is 2.02. The SMILES string of the molecule is CSc1sc(C#N)c(C)c1-c1ccnc(Nc2cnccc2Cl)n1. The first-order chi connectivity index (χ1) is 11.6. The van der Waals surface area contributed by atoms with Gasteiger partial charge in [-0.1, -0.05) is 11.6 Å². The Morgan fingerprint density at radius 2 is 2.17 bits per heavy atom. The molecule has 3 aromatic heterocycles. The van der Waals surface area contributed by atoms with Crippen LogP contribution in [-0.2, 0) is 0 Å². The van der Waals surface area contributed by atoms with Crippen LogP contribution in [0.1, 0.15) is 10.4 Å². The van der Waals surface area contributed by atoms with E-state index >= 15 is 0 Å². The van der Waals surface area contributed by atoms with E-state index in [1.54, 1.807) is 36.4 Å². The van der Waals surface area contributed by atoms with Gasteiger partial charge in [0.1, 0.15) is 10.9 Å². The van der Waals surface area contributed by atoms with E-state index in [9.17, 15) is 5.26 Å². The molecule has 1 N–H and O–H groups in total. The Labute approximate surface area is 152 Å². The number of hydrogen-bond acceptors (Lipinski definition) is 7. The summed E-state index contributed by atoms with van der Waals surface area (Å²) in [6, 6.07) is 5.78. The molecule has 5 nitrogen and oxygen atoms in total. The normalized spacial score (nSPS) is 10.4. The number of pyridine rings is 1. The van der Waals surface area contributed by atoms with Crippen LogP contribution >= 0.6 is 34.7 Å². The predicted molar refractivity (Wildman–Crippen MR) is 99.1 cm³/mol. The number of nitrogens with zero attached hydrogens (tertiary/aromatic N) is 4. The molecule has 0 aliphatic rings. The van der Waals surface area contributed by atoms with Crippen molar-refractivity contribution >= 4 is 46.3 Å². The molecular weight excluding hydrogens is 362 g/mol. The van der Waals surface area contributed by atoms with Crippen molar-refractivity contribution in [3.63, 3.8) is 0 Å². The molecule has 24 heavy (non-hydrogen) atoms. The second kappa shape index (κ2) is 7.18. The predicted octanol–water partition coefficient (Wildman–Crippen LogP) is 4.90. The van der Waals surface area contributed by atoms with Crippen molar-refractivity contribution in [1.29, 1.82) is 5.26 Å². The van der Waals surface area contributed by atoms with Gasteiger partial charge in [-0.15, -0.1) is 23.1 Å². The number of anilines is 2. The molecule has 0 saturated carbocycles. The highest BCUT2D eigenvalue weighted by atomic mass is 35.5. The van der Waals surface area contributed by atoms with Gasteiger partial charge in [-0.2, -0.15) is 5.26 Å². The standard InChI is InChI=1S/C16H12ClN5S2/c1-9-13(7-18)24-15(23-2)14(9)11-4-6-20-16(21-11)22-12-8-19-5-3-10(12)17/h3-6,8H,1-2H3,(H,20,21,22). The van der Waals surface area contributed by atoms with Crippen LogP contribution in [0.4, 0.5) is 11.6 Å². The number of aromatic nitrogens is 3. The maximum absolute atomic E-state index is 9.26. The van der Waals surface area contributed by atoms with Gasteiger partial charge in [-0.3, -0.25) is 4.98 Å². The summed E-state index contributed by atoms with van der Waals surface area (Å²) >= 11 is 9.22. The number of rotatable bonds is 4. The highest BCUT2D eigenvalue weighted by Crippen LogP contribution is 2.40. The molecule has 0 fully saturated rings. The summed E-state index contributed by atoms with van der Waals surface area (Å²) in [7, 11) is 0. The second-order valence-electron chi connectivity index (χ2n) is 4.78. The smallest absolute Gasteiger partial charge is 0.227 e. The van der Waals surface area contributed by atoms with Crippen LogP contribution in [0.5, 0.6) is 0 Å². The van der Waals surface area contributed by atoms with Gasteiger partial charge in [0, 0.05) is 18.0 Å². The van der Waals surface area contributed by atoms with Crippen LogP contribution in [-0.4, -0.2) is 21.2 Å². The number of nitriles is 1. The fourth-order valence-corrected chi connectivity index (χ4v) is 4.23. The monoisotopic (exact) mass is 373 g/mol. The van der Waals surface area contributed by atoms with E-state index in [-0.39, 0.29) is 0 Å². The number of nitrogens with one attached hydrogen (secondary N) is 1. The molecule has 3 rings (SSSR count). The van der Waals surface area contributed by atoms with Crippen molar-refractivity contribution in [2.24, 2.45) is 0 Å². The largest absolute Gasteiger partial charge is 0.322 e. The number of hydrogen-bond donors (Lipinski definition) is 1. The molecule has 0 aliphatic heterocycles. The summed E-state index contributed by atoms with van der Waals surface area (Å²) in [5, 5.41) is 12.9. The first-order valence-electron chi connectivity index (χ1n) is 6.91. The van der Waals surface area contributed by atoms with Gasteiger partial charge in [0.2, 0.25) is 5.95 Å². The third-order valence-electron chi connectivity index (χ3n) is 3.33. The minimum absolute atomic E-state index is 0.429. The lowest BCUT2D eigenvalue weighted by atomic mass is 10.1. The quantitative estimate of drug-likeness (QED) is 0.655. The van der Waals surface area contributed by atoms with Gasteiger partial charge < -0.3 is 5.32 Å². The lowest BCUT2D eigenvalue weighted by Gasteiger charge is -2.08. The molecular formula is C16H12ClN5S2. The lowest BCUT2D eigenvalue weighted by Crippen LogP contribution is -1.99. The van der Waals surface area contributed by atoms with Crippen LogP contribution in [0.3, 0.4) is 0 Å². The van der Waals surface area contributed by atoms with Crippen LogP contribution in [0.15, 0.2) is 34.9 Å². The van der Waals surface area contributed by atoms with Crippen molar-refractivity contribution in [2.75, 3.05) is 11.6 Å². The molecule has 0 unspecified atom stereocenters. The Bertz CT molecular complexity index is 932. The molecule has 120 valence electrons. The van der Waals surface area contributed by atoms with Crippen LogP contribution in [0.25, 0.3) is 11.3 Å². The first-order valence-corrected chi connectivity index (χ1v) is 9.33. The molecule has 3 heterocycles. The molecule has 0 aromatic carbocycles. The average Bonchev–Trinajstić information content (AvgIpc) is 2.93. The Morgan fingerprint density at radius 1 is 1.33 bits per heavy atom. The van der Waals surface area contributed by atoms with Gasteiger partial charge in [-0.05, 0) is 30.9 Å². The van der Waals surface area contributed by atoms with Crippen molar-refractivity contribution < 1.29 is 0 Å². The fourth-order valence-electron chi connectivity index (χ4n) is 2.18. The van der Waals surface area contributed by atoms with Gasteiger partial charge in [0.05, 0.1) is 26.8 Å². The molecule has 3 aromatic rings. The highest BCUT2D eigenvalue weighted by molar-refractivity contribution is 8.00. The Morgan fingerprint density at radius 3 is 2.88 bits per heavy atom.